The van der Waals surface area contributed by atoms with E-state index in [0.29, 0.717) is 0 Å². The van der Waals surface area contributed by atoms with Crippen molar-refractivity contribution in [3.8, 4) is 0 Å². The van der Waals surface area contributed by atoms with Gasteiger partial charge in [0, 0.05) is 51.1 Å². The lowest BCUT2D eigenvalue weighted by atomic mass is 10.0. The predicted octanol–water partition coefficient (Wildman–Crippen LogP) is 3.06. The van der Waals surface area contributed by atoms with Gasteiger partial charge in [-0.25, -0.2) is 4.98 Å². The van der Waals surface area contributed by atoms with Gasteiger partial charge in [-0.15, -0.1) is 11.3 Å². The van der Waals surface area contributed by atoms with Gasteiger partial charge in [-0.1, -0.05) is 12.1 Å². The van der Waals surface area contributed by atoms with E-state index < -0.39 is 0 Å². The lowest BCUT2D eigenvalue weighted by molar-refractivity contribution is 0.0827. The van der Waals surface area contributed by atoms with Crippen molar-refractivity contribution in [1.82, 2.24) is 20.5 Å². The van der Waals surface area contributed by atoms with Gasteiger partial charge in [0.15, 0.2) is 5.96 Å². The van der Waals surface area contributed by atoms with Crippen molar-refractivity contribution < 1.29 is 4.79 Å². The summed E-state index contributed by atoms with van der Waals surface area (Å²) in [6, 6.07) is 7.82. The zero-order valence-electron chi connectivity index (χ0n) is 18.3. The van der Waals surface area contributed by atoms with Crippen LogP contribution in [-0.4, -0.2) is 56.0 Å². The smallest absolute Gasteiger partial charge is 0.253 e. The minimum Gasteiger partial charge on any atom is -0.356 e. The van der Waals surface area contributed by atoms with Crippen molar-refractivity contribution in [2.24, 2.45) is 4.99 Å². The maximum absolute atomic E-state index is 12.1. The number of benzene rings is 1. The van der Waals surface area contributed by atoms with Gasteiger partial charge in [-0.3, -0.25) is 9.79 Å². The van der Waals surface area contributed by atoms with Crippen LogP contribution in [0.1, 0.15) is 50.8 Å². The van der Waals surface area contributed by atoms with Crippen LogP contribution in [0.2, 0.25) is 0 Å². The molecular formula is C23H33N5OS. The SMILES string of the molecule is CN=C(NCCCc1nc2c(s1)CCCC2)NCCc1cccc(C(=O)N(C)C)c1. The second-order valence-electron chi connectivity index (χ2n) is 7.86. The van der Waals surface area contributed by atoms with Crippen molar-refractivity contribution in [3.05, 3.63) is 51.0 Å². The van der Waals surface area contributed by atoms with E-state index in [9.17, 15) is 4.79 Å². The molecule has 162 valence electrons. The summed E-state index contributed by atoms with van der Waals surface area (Å²) < 4.78 is 0. The minimum absolute atomic E-state index is 0.0309. The average Bonchev–Trinajstić information content (AvgIpc) is 3.18. The number of hydrogen-bond acceptors (Lipinski definition) is 4. The van der Waals surface area contributed by atoms with Crippen molar-refractivity contribution in [1.29, 1.82) is 0 Å². The van der Waals surface area contributed by atoms with Crippen molar-refractivity contribution in [2.75, 3.05) is 34.2 Å². The van der Waals surface area contributed by atoms with E-state index in [2.05, 4.69) is 21.7 Å². The zero-order chi connectivity index (χ0) is 21.3. The summed E-state index contributed by atoms with van der Waals surface area (Å²) in [4.78, 5) is 24.3. The number of hydrogen-bond donors (Lipinski definition) is 2. The molecule has 1 aromatic carbocycles. The van der Waals surface area contributed by atoms with Crippen molar-refractivity contribution in [2.45, 2.75) is 44.9 Å². The molecule has 1 aliphatic rings. The fourth-order valence-electron chi connectivity index (χ4n) is 3.62. The normalized spacial score (nSPS) is 13.6. The van der Waals surface area contributed by atoms with E-state index in [0.717, 1.165) is 55.9 Å². The molecule has 2 aromatic rings. The zero-order valence-corrected chi connectivity index (χ0v) is 19.1. The fraction of sp³-hybridized carbons (Fsp3) is 0.522. The molecule has 1 heterocycles. The van der Waals surface area contributed by atoms with E-state index >= 15 is 0 Å². The van der Waals surface area contributed by atoms with Gasteiger partial charge in [0.2, 0.25) is 0 Å². The molecule has 6 nitrogen and oxygen atoms in total. The monoisotopic (exact) mass is 427 g/mol. The molecule has 1 aromatic heterocycles. The van der Waals surface area contributed by atoms with Gasteiger partial charge in [0.1, 0.15) is 0 Å². The molecule has 3 rings (SSSR count). The first kappa shape index (κ1) is 22.3. The molecule has 0 atom stereocenters. The number of aryl methyl sites for hydroxylation is 3. The molecule has 1 aliphatic carbocycles. The van der Waals surface area contributed by atoms with Gasteiger partial charge < -0.3 is 15.5 Å². The number of guanidine groups is 1. The highest BCUT2D eigenvalue weighted by atomic mass is 32.1. The molecule has 0 spiro atoms. The second-order valence-corrected chi connectivity index (χ2v) is 9.03. The highest BCUT2D eigenvalue weighted by Gasteiger charge is 2.14. The number of thiazole rings is 1. The molecular weight excluding hydrogens is 394 g/mol. The number of nitrogens with zero attached hydrogens (tertiary/aromatic N) is 3. The first-order valence-corrected chi connectivity index (χ1v) is 11.6. The van der Waals surface area contributed by atoms with E-state index in [1.807, 2.05) is 29.5 Å². The average molecular weight is 428 g/mol. The van der Waals surface area contributed by atoms with E-state index in [1.165, 1.54) is 34.8 Å². The summed E-state index contributed by atoms with van der Waals surface area (Å²) in [5.74, 6) is 0.845. The number of amides is 1. The number of nitrogens with one attached hydrogen (secondary N) is 2. The fourth-order valence-corrected chi connectivity index (χ4v) is 4.82. The molecule has 0 saturated carbocycles. The third-order valence-electron chi connectivity index (χ3n) is 5.26. The quantitative estimate of drug-likeness (QED) is 0.386. The highest BCUT2D eigenvalue weighted by Crippen LogP contribution is 2.27. The number of carbonyl (C=O) groups is 1. The van der Waals surface area contributed by atoms with Gasteiger partial charge in [0.25, 0.3) is 5.91 Å². The van der Waals surface area contributed by atoms with Gasteiger partial charge in [0.05, 0.1) is 10.7 Å². The molecule has 0 radical (unpaired) electrons. The number of rotatable bonds is 8. The standard InChI is InChI=1S/C23H33N5OS/c1-24-23(25-14-7-12-21-27-19-10-4-5-11-20(19)30-21)26-15-13-17-8-6-9-18(16-17)22(29)28(2)3/h6,8-9,16H,4-5,7,10-15H2,1-3H3,(H2,24,25,26). The van der Waals surface area contributed by atoms with E-state index in [1.54, 1.807) is 26.0 Å². The highest BCUT2D eigenvalue weighted by molar-refractivity contribution is 7.11. The molecule has 7 heteroatoms. The molecule has 0 fully saturated rings. The maximum atomic E-state index is 12.1. The lowest BCUT2D eigenvalue weighted by Crippen LogP contribution is -2.38. The Kier molecular flexibility index (Phi) is 8.25. The summed E-state index contributed by atoms with van der Waals surface area (Å²) in [5.41, 5.74) is 3.21. The first-order chi connectivity index (χ1) is 14.6. The molecule has 30 heavy (non-hydrogen) atoms. The Hall–Kier alpha value is -2.41. The lowest BCUT2D eigenvalue weighted by Gasteiger charge is -2.13. The van der Waals surface area contributed by atoms with Crippen LogP contribution in [0, 0.1) is 0 Å². The Morgan fingerprint density at radius 3 is 2.73 bits per heavy atom. The third kappa shape index (κ3) is 6.29. The van der Waals surface area contributed by atoms with Crippen LogP contribution in [0.3, 0.4) is 0 Å². The van der Waals surface area contributed by atoms with Crippen molar-refractivity contribution in [3.63, 3.8) is 0 Å². The van der Waals surface area contributed by atoms with E-state index in [4.69, 9.17) is 4.98 Å². The topological polar surface area (TPSA) is 69.6 Å². The molecule has 1 amide bonds. The van der Waals surface area contributed by atoms with Crippen LogP contribution in [-0.2, 0) is 25.7 Å². The van der Waals surface area contributed by atoms with Crippen LogP contribution in [0.5, 0.6) is 0 Å². The summed E-state index contributed by atoms with van der Waals surface area (Å²) in [5, 5.41) is 8.02. The molecule has 0 aliphatic heterocycles. The first-order valence-electron chi connectivity index (χ1n) is 10.8. The molecule has 0 unspecified atom stereocenters. The van der Waals surface area contributed by atoms with Crippen LogP contribution in [0.25, 0.3) is 0 Å². The van der Waals surface area contributed by atoms with Crippen LogP contribution >= 0.6 is 11.3 Å². The van der Waals surface area contributed by atoms with Crippen LogP contribution in [0.15, 0.2) is 29.3 Å². The Balaban J connectivity index is 1.37. The molecule has 0 bridgehead atoms. The number of aromatic nitrogens is 1. The Morgan fingerprint density at radius 2 is 1.97 bits per heavy atom. The Labute approximate surface area is 183 Å². The summed E-state index contributed by atoms with van der Waals surface area (Å²) in [6.45, 7) is 1.63. The Morgan fingerprint density at radius 1 is 1.17 bits per heavy atom. The minimum atomic E-state index is 0.0309. The maximum Gasteiger partial charge on any atom is 0.253 e. The third-order valence-corrected chi connectivity index (χ3v) is 6.48. The van der Waals surface area contributed by atoms with Crippen molar-refractivity contribution >= 4 is 23.2 Å². The van der Waals surface area contributed by atoms with Crippen LogP contribution < -0.4 is 10.6 Å². The van der Waals surface area contributed by atoms with Gasteiger partial charge in [-0.05, 0) is 56.2 Å². The predicted molar refractivity (Wildman–Crippen MR) is 125 cm³/mol. The Bertz CT molecular complexity index is 851. The summed E-state index contributed by atoms with van der Waals surface area (Å²) in [6.07, 6.45) is 7.88. The number of fused-ring (bicyclic) bond motifs is 1. The largest absolute Gasteiger partial charge is 0.356 e. The number of carbonyl (C=O) groups excluding carboxylic acids is 1. The summed E-state index contributed by atoms with van der Waals surface area (Å²) >= 11 is 1.90. The van der Waals surface area contributed by atoms with Gasteiger partial charge >= 0.3 is 0 Å². The van der Waals surface area contributed by atoms with E-state index in [-0.39, 0.29) is 5.91 Å². The molecule has 2 N–H and O–H groups in total. The second kappa shape index (κ2) is 11.1. The van der Waals surface area contributed by atoms with Gasteiger partial charge in [-0.2, -0.15) is 0 Å². The van der Waals surface area contributed by atoms with Crippen LogP contribution in [0.4, 0.5) is 0 Å². The number of aliphatic imine (C=N–C) groups is 1. The summed E-state index contributed by atoms with van der Waals surface area (Å²) in [7, 11) is 5.34. The molecule has 0 saturated heterocycles.